The lowest BCUT2D eigenvalue weighted by Gasteiger charge is -2.27. The van der Waals surface area contributed by atoms with Crippen LogP contribution in [0.1, 0.15) is 22.3 Å². The lowest BCUT2D eigenvalue weighted by atomic mass is 10.1. The second-order valence-electron chi connectivity index (χ2n) is 7.30. The first-order chi connectivity index (χ1) is 14.2. The van der Waals surface area contributed by atoms with Crippen molar-refractivity contribution in [1.29, 1.82) is 0 Å². The van der Waals surface area contributed by atoms with Gasteiger partial charge in [-0.2, -0.15) is 11.8 Å². The normalized spacial score (nSPS) is 14.5. The van der Waals surface area contributed by atoms with E-state index >= 15 is 0 Å². The Morgan fingerprint density at radius 3 is 2.52 bits per heavy atom. The molecule has 0 aromatic heterocycles. The van der Waals surface area contributed by atoms with Gasteiger partial charge in [-0.1, -0.05) is 54.1 Å². The molecule has 0 radical (unpaired) electrons. The van der Waals surface area contributed by atoms with Crippen molar-refractivity contribution in [3.8, 4) is 0 Å². The zero-order chi connectivity index (χ0) is 20.3. The van der Waals surface area contributed by atoms with Crippen molar-refractivity contribution in [2.75, 3.05) is 38.6 Å². The minimum atomic E-state index is -0.109. The van der Waals surface area contributed by atoms with E-state index in [2.05, 4.69) is 64.9 Å². The molecule has 6 heteroatoms. The van der Waals surface area contributed by atoms with Crippen molar-refractivity contribution in [1.82, 2.24) is 15.5 Å². The third kappa shape index (κ3) is 7.72. The number of urea groups is 1. The first-order valence-corrected chi connectivity index (χ1v) is 11.4. The number of amides is 2. The summed E-state index contributed by atoms with van der Waals surface area (Å²) in [5.41, 5.74) is 5.04. The summed E-state index contributed by atoms with van der Waals surface area (Å²) in [4.78, 5) is 14.5. The Morgan fingerprint density at radius 1 is 1.03 bits per heavy atom. The van der Waals surface area contributed by atoms with Crippen molar-refractivity contribution < 1.29 is 9.53 Å². The van der Waals surface area contributed by atoms with Crippen LogP contribution < -0.4 is 10.6 Å². The molecular weight excluding hydrogens is 382 g/mol. The Balaban J connectivity index is 1.34. The van der Waals surface area contributed by atoms with Crippen LogP contribution in [-0.4, -0.2) is 49.5 Å². The molecule has 2 amide bonds. The number of nitrogens with zero attached hydrogens (tertiary/aromatic N) is 1. The van der Waals surface area contributed by atoms with Crippen LogP contribution in [-0.2, 0) is 23.6 Å². The van der Waals surface area contributed by atoms with Crippen molar-refractivity contribution in [3.63, 3.8) is 0 Å². The molecule has 1 fully saturated rings. The molecule has 2 aromatic carbocycles. The van der Waals surface area contributed by atoms with Gasteiger partial charge >= 0.3 is 6.03 Å². The number of carbonyl (C=O) groups excluding carboxylic acids is 1. The molecule has 0 atom stereocenters. The molecule has 1 saturated heterocycles. The first-order valence-electron chi connectivity index (χ1n) is 10.2. The Hall–Kier alpha value is -2.02. The first kappa shape index (κ1) is 21.7. The largest absolute Gasteiger partial charge is 0.379 e. The van der Waals surface area contributed by atoms with E-state index in [1.165, 1.54) is 22.3 Å². The topological polar surface area (TPSA) is 53.6 Å². The highest BCUT2D eigenvalue weighted by Crippen LogP contribution is 2.13. The Bertz CT molecular complexity index is 761. The molecule has 1 heterocycles. The second kappa shape index (κ2) is 11.9. The summed E-state index contributed by atoms with van der Waals surface area (Å²) in [5.74, 6) is 1.87. The minimum Gasteiger partial charge on any atom is -0.379 e. The van der Waals surface area contributed by atoms with Crippen LogP contribution in [0.15, 0.2) is 48.5 Å². The van der Waals surface area contributed by atoms with Gasteiger partial charge in [-0.15, -0.1) is 0 Å². The Morgan fingerprint density at radius 2 is 1.76 bits per heavy atom. The van der Waals surface area contributed by atoms with Gasteiger partial charge in [-0.05, 0) is 23.6 Å². The van der Waals surface area contributed by atoms with Gasteiger partial charge in [0.2, 0.25) is 0 Å². The molecule has 1 aliphatic heterocycles. The SMILES string of the molecule is Cc1ccc(CSCCNC(=O)NCc2ccccc2CN2CCOCC2)cc1. The van der Waals surface area contributed by atoms with Crippen LogP contribution in [0.5, 0.6) is 0 Å². The molecular formula is C23H31N3O2S. The van der Waals surface area contributed by atoms with Crippen molar-refractivity contribution >= 4 is 17.8 Å². The molecule has 0 bridgehead atoms. The lowest BCUT2D eigenvalue weighted by Crippen LogP contribution is -2.37. The third-order valence-corrected chi connectivity index (χ3v) is 6.01. The van der Waals surface area contributed by atoms with E-state index in [1.807, 2.05) is 17.8 Å². The van der Waals surface area contributed by atoms with Gasteiger partial charge in [-0.25, -0.2) is 4.79 Å². The number of morpholine rings is 1. The maximum atomic E-state index is 12.1. The van der Waals surface area contributed by atoms with Gasteiger partial charge in [0.05, 0.1) is 13.2 Å². The molecule has 0 aliphatic carbocycles. The number of hydrogen-bond acceptors (Lipinski definition) is 4. The molecule has 156 valence electrons. The van der Waals surface area contributed by atoms with Crippen LogP contribution in [0.25, 0.3) is 0 Å². The van der Waals surface area contributed by atoms with Crippen LogP contribution in [0, 0.1) is 6.92 Å². The maximum Gasteiger partial charge on any atom is 0.315 e. The second-order valence-corrected chi connectivity index (χ2v) is 8.41. The van der Waals surface area contributed by atoms with Crippen LogP contribution in [0.2, 0.25) is 0 Å². The number of rotatable bonds is 9. The van der Waals surface area contributed by atoms with E-state index in [9.17, 15) is 4.79 Å². The molecule has 2 N–H and O–H groups in total. The van der Waals surface area contributed by atoms with Gasteiger partial charge in [0, 0.05) is 44.2 Å². The molecule has 0 saturated carbocycles. The Kier molecular flexibility index (Phi) is 8.86. The van der Waals surface area contributed by atoms with Crippen LogP contribution in [0.4, 0.5) is 4.79 Å². The highest BCUT2D eigenvalue weighted by molar-refractivity contribution is 7.98. The molecule has 3 rings (SSSR count). The smallest absolute Gasteiger partial charge is 0.315 e. The van der Waals surface area contributed by atoms with Crippen LogP contribution in [0.3, 0.4) is 0 Å². The number of aryl methyl sites for hydroxylation is 1. The quantitative estimate of drug-likeness (QED) is 0.617. The monoisotopic (exact) mass is 413 g/mol. The third-order valence-electron chi connectivity index (χ3n) is 4.98. The van der Waals surface area contributed by atoms with E-state index in [4.69, 9.17) is 4.74 Å². The van der Waals surface area contributed by atoms with Crippen molar-refractivity contribution in [2.45, 2.75) is 25.8 Å². The Labute approximate surface area is 178 Å². The summed E-state index contributed by atoms with van der Waals surface area (Å²) in [6.07, 6.45) is 0. The minimum absolute atomic E-state index is 0.109. The predicted octanol–water partition coefficient (Wildman–Crippen LogP) is 3.56. The summed E-state index contributed by atoms with van der Waals surface area (Å²) in [6.45, 7) is 7.72. The van der Waals surface area contributed by atoms with E-state index in [1.54, 1.807) is 0 Å². The number of thioether (sulfide) groups is 1. The molecule has 29 heavy (non-hydrogen) atoms. The number of ether oxygens (including phenoxy) is 1. The van der Waals surface area contributed by atoms with E-state index in [-0.39, 0.29) is 6.03 Å². The average molecular weight is 414 g/mol. The van der Waals surface area contributed by atoms with Gasteiger partial charge < -0.3 is 15.4 Å². The number of benzene rings is 2. The molecule has 0 spiro atoms. The van der Waals surface area contributed by atoms with Gasteiger partial charge in [0.15, 0.2) is 0 Å². The summed E-state index contributed by atoms with van der Waals surface area (Å²) in [7, 11) is 0. The van der Waals surface area contributed by atoms with Gasteiger partial charge in [-0.3, -0.25) is 4.90 Å². The highest BCUT2D eigenvalue weighted by atomic mass is 32.2. The fourth-order valence-corrected chi connectivity index (χ4v) is 4.05. The zero-order valence-electron chi connectivity index (χ0n) is 17.2. The van der Waals surface area contributed by atoms with Gasteiger partial charge in [0.1, 0.15) is 0 Å². The van der Waals surface area contributed by atoms with Crippen LogP contribution >= 0.6 is 11.8 Å². The summed E-state index contributed by atoms with van der Waals surface area (Å²) >= 11 is 1.83. The predicted molar refractivity (Wildman–Crippen MR) is 120 cm³/mol. The summed E-state index contributed by atoms with van der Waals surface area (Å²) in [6, 6.07) is 16.8. The summed E-state index contributed by atoms with van der Waals surface area (Å²) in [5, 5.41) is 5.94. The average Bonchev–Trinajstić information content (AvgIpc) is 2.75. The van der Waals surface area contributed by atoms with Gasteiger partial charge in [0.25, 0.3) is 0 Å². The lowest BCUT2D eigenvalue weighted by molar-refractivity contribution is 0.0341. The zero-order valence-corrected chi connectivity index (χ0v) is 18.0. The molecule has 0 unspecified atom stereocenters. The molecule has 5 nitrogen and oxygen atoms in total. The number of nitrogens with one attached hydrogen (secondary N) is 2. The van der Waals surface area contributed by atoms with E-state index in [0.29, 0.717) is 13.1 Å². The highest BCUT2D eigenvalue weighted by Gasteiger charge is 2.13. The standard InChI is InChI=1S/C23H31N3O2S/c1-19-6-8-20(9-7-19)18-29-15-10-24-23(27)25-16-21-4-2-3-5-22(21)17-26-11-13-28-14-12-26/h2-9H,10-18H2,1H3,(H2,24,25,27). The van der Waals surface area contributed by atoms with E-state index in [0.717, 1.165) is 44.4 Å². The molecule has 1 aliphatic rings. The molecule has 2 aromatic rings. The fourth-order valence-electron chi connectivity index (χ4n) is 3.23. The number of hydrogen-bond donors (Lipinski definition) is 2. The van der Waals surface area contributed by atoms with Crippen molar-refractivity contribution in [3.05, 3.63) is 70.8 Å². The summed E-state index contributed by atoms with van der Waals surface area (Å²) < 4.78 is 5.42. The maximum absolute atomic E-state index is 12.1. The number of carbonyl (C=O) groups is 1. The van der Waals surface area contributed by atoms with Crippen molar-refractivity contribution in [2.24, 2.45) is 0 Å². The fraction of sp³-hybridized carbons (Fsp3) is 0.435. The van der Waals surface area contributed by atoms with E-state index < -0.39 is 0 Å².